The lowest BCUT2D eigenvalue weighted by Gasteiger charge is -2.26. The fourth-order valence-electron chi connectivity index (χ4n) is 3.86. The Morgan fingerprint density at radius 1 is 1.35 bits per heavy atom. The Kier molecular flexibility index (Phi) is 4.80. The molecule has 1 aromatic heterocycles. The van der Waals surface area contributed by atoms with E-state index in [2.05, 4.69) is 23.9 Å². The smallest absolute Gasteiger partial charge is 0.221 e. The minimum atomic E-state index is -3.38. The molecule has 0 spiro atoms. The van der Waals surface area contributed by atoms with Gasteiger partial charge in [0.15, 0.2) is 5.76 Å². The van der Waals surface area contributed by atoms with Crippen molar-refractivity contribution < 1.29 is 12.9 Å². The van der Waals surface area contributed by atoms with Crippen LogP contribution in [0.1, 0.15) is 44.6 Å². The van der Waals surface area contributed by atoms with Crippen molar-refractivity contribution in [2.45, 2.75) is 57.9 Å². The number of aryl methyl sites for hydroxylation is 1. The summed E-state index contributed by atoms with van der Waals surface area (Å²) >= 11 is 0. The molecule has 0 amide bonds. The van der Waals surface area contributed by atoms with Crippen LogP contribution in [0.4, 0.5) is 0 Å². The van der Waals surface area contributed by atoms with Crippen LogP contribution in [-0.2, 0) is 15.8 Å². The van der Waals surface area contributed by atoms with E-state index in [4.69, 9.17) is 4.52 Å². The Balaban J connectivity index is 1.77. The van der Waals surface area contributed by atoms with Gasteiger partial charge in [-0.05, 0) is 45.2 Å². The average Bonchev–Trinajstić information content (AvgIpc) is 3.16. The molecular formula is C16H27N3O3S. The largest absolute Gasteiger partial charge is 0.360 e. The summed E-state index contributed by atoms with van der Waals surface area (Å²) in [4.78, 5) is 2.46. The normalized spacial score (nSPS) is 27.3. The van der Waals surface area contributed by atoms with E-state index in [9.17, 15) is 8.42 Å². The number of aromatic nitrogens is 1. The van der Waals surface area contributed by atoms with E-state index in [1.807, 2.05) is 0 Å². The first-order chi connectivity index (χ1) is 10.9. The van der Waals surface area contributed by atoms with Crippen molar-refractivity contribution in [3.63, 3.8) is 0 Å². The minimum Gasteiger partial charge on any atom is -0.360 e. The molecule has 0 radical (unpaired) electrons. The highest BCUT2D eigenvalue weighted by Gasteiger charge is 2.43. The standard InChI is InChI=1S/C16H27N3O3S/c1-12(2)16-9-14(18-6-4-5-7-18)10-19(16)23(20,21)11-15-8-13(3)17-22-15/h8,12,14,16H,4-7,9-11H2,1-3H3. The molecule has 6 nitrogen and oxygen atoms in total. The van der Waals surface area contributed by atoms with Crippen molar-refractivity contribution in [1.29, 1.82) is 0 Å². The van der Waals surface area contributed by atoms with Crippen LogP contribution in [0.2, 0.25) is 0 Å². The molecular weight excluding hydrogens is 314 g/mol. The van der Waals surface area contributed by atoms with E-state index < -0.39 is 10.0 Å². The molecule has 1 aromatic rings. The van der Waals surface area contributed by atoms with E-state index in [0.29, 0.717) is 30.0 Å². The first kappa shape index (κ1) is 16.9. The van der Waals surface area contributed by atoms with E-state index in [1.165, 1.54) is 12.8 Å². The maximum absolute atomic E-state index is 12.9. The molecule has 0 aromatic carbocycles. The number of hydrogen-bond acceptors (Lipinski definition) is 5. The van der Waals surface area contributed by atoms with Gasteiger partial charge >= 0.3 is 0 Å². The van der Waals surface area contributed by atoms with Crippen molar-refractivity contribution in [1.82, 2.24) is 14.4 Å². The van der Waals surface area contributed by atoms with Crippen LogP contribution in [0.15, 0.2) is 10.6 Å². The number of nitrogens with zero attached hydrogens (tertiary/aromatic N) is 3. The predicted octanol–water partition coefficient (Wildman–Crippen LogP) is 2.01. The summed E-state index contributed by atoms with van der Waals surface area (Å²) in [6, 6.07) is 2.14. The maximum atomic E-state index is 12.9. The topological polar surface area (TPSA) is 66.7 Å². The molecule has 130 valence electrons. The van der Waals surface area contributed by atoms with Crippen LogP contribution in [0, 0.1) is 12.8 Å². The van der Waals surface area contributed by atoms with E-state index in [-0.39, 0.29) is 11.8 Å². The van der Waals surface area contributed by atoms with Gasteiger partial charge in [0.25, 0.3) is 0 Å². The number of sulfonamides is 1. The zero-order valence-corrected chi connectivity index (χ0v) is 15.1. The lowest BCUT2D eigenvalue weighted by atomic mass is 10.0. The summed E-state index contributed by atoms with van der Waals surface area (Å²) in [7, 11) is -3.38. The van der Waals surface area contributed by atoms with Crippen molar-refractivity contribution in [3.8, 4) is 0 Å². The summed E-state index contributed by atoms with van der Waals surface area (Å²) in [6.07, 6.45) is 3.40. The summed E-state index contributed by atoms with van der Waals surface area (Å²) in [5, 5.41) is 3.79. The lowest BCUT2D eigenvalue weighted by molar-refractivity contribution is 0.250. The maximum Gasteiger partial charge on any atom is 0.221 e. The van der Waals surface area contributed by atoms with Gasteiger partial charge in [0.05, 0.1) is 5.69 Å². The molecule has 3 heterocycles. The molecule has 0 N–H and O–H groups in total. The Hall–Kier alpha value is -0.920. The SMILES string of the molecule is Cc1cc(CS(=O)(=O)N2CC(N3CCCC3)CC2C(C)C)on1. The molecule has 2 unspecified atom stereocenters. The second kappa shape index (κ2) is 6.53. The van der Waals surface area contributed by atoms with Crippen molar-refractivity contribution in [3.05, 3.63) is 17.5 Å². The molecule has 2 fully saturated rings. The summed E-state index contributed by atoms with van der Waals surface area (Å²) < 4.78 is 32.6. The van der Waals surface area contributed by atoms with E-state index in [0.717, 1.165) is 19.5 Å². The van der Waals surface area contributed by atoms with Gasteiger partial charge in [-0.2, -0.15) is 4.31 Å². The van der Waals surface area contributed by atoms with Crippen molar-refractivity contribution in [2.24, 2.45) is 5.92 Å². The summed E-state index contributed by atoms with van der Waals surface area (Å²) in [5.74, 6) is 0.646. The van der Waals surface area contributed by atoms with Crippen LogP contribution in [0.3, 0.4) is 0 Å². The first-order valence-electron chi connectivity index (χ1n) is 8.52. The quantitative estimate of drug-likeness (QED) is 0.819. The van der Waals surface area contributed by atoms with Crippen molar-refractivity contribution >= 4 is 10.0 Å². The van der Waals surface area contributed by atoms with Crippen LogP contribution in [0.25, 0.3) is 0 Å². The second-order valence-corrected chi connectivity index (χ2v) is 9.13. The number of rotatable bonds is 5. The van der Waals surface area contributed by atoms with Gasteiger partial charge in [0, 0.05) is 24.7 Å². The van der Waals surface area contributed by atoms with Gasteiger partial charge in [-0.3, -0.25) is 4.90 Å². The molecule has 2 aliphatic heterocycles. The van der Waals surface area contributed by atoms with Crippen LogP contribution >= 0.6 is 0 Å². The molecule has 0 bridgehead atoms. The summed E-state index contributed by atoms with van der Waals surface area (Å²) in [5.41, 5.74) is 0.715. The zero-order valence-electron chi connectivity index (χ0n) is 14.2. The third kappa shape index (κ3) is 3.61. The Labute approximate surface area is 138 Å². The first-order valence-corrected chi connectivity index (χ1v) is 10.1. The van der Waals surface area contributed by atoms with Crippen LogP contribution in [-0.4, -0.2) is 54.5 Å². The van der Waals surface area contributed by atoms with Crippen LogP contribution < -0.4 is 0 Å². The number of hydrogen-bond donors (Lipinski definition) is 0. The van der Waals surface area contributed by atoms with Gasteiger partial charge in [-0.15, -0.1) is 0 Å². The Morgan fingerprint density at radius 3 is 2.61 bits per heavy atom. The molecule has 0 saturated carbocycles. The molecule has 0 aliphatic carbocycles. The molecule has 2 atom stereocenters. The van der Waals surface area contributed by atoms with E-state index >= 15 is 0 Å². The van der Waals surface area contributed by atoms with Crippen LogP contribution in [0.5, 0.6) is 0 Å². The fourth-order valence-corrected chi connectivity index (χ4v) is 5.66. The molecule has 2 aliphatic rings. The highest BCUT2D eigenvalue weighted by Crippen LogP contribution is 2.32. The predicted molar refractivity (Wildman–Crippen MR) is 88.4 cm³/mol. The Morgan fingerprint density at radius 2 is 2.04 bits per heavy atom. The van der Waals surface area contributed by atoms with Gasteiger partial charge in [-0.25, -0.2) is 8.42 Å². The fraction of sp³-hybridized carbons (Fsp3) is 0.812. The zero-order chi connectivity index (χ0) is 16.6. The third-order valence-electron chi connectivity index (χ3n) is 5.06. The van der Waals surface area contributed by atoms with Gasteiger partial charge < -0.3 is 4.52 Å². The summed E-state index contributed by atoms with van der Waals surface area (Å²) in [6.45, 7) is 8.83. The lowest BCUT2D eigenvalue weighted by Crippen LogP contribution is -2.40. The highest BCUT2D eigenvalue weighted by atomic mass is 32.2. The highest BCUT2D eigenvalue weighted by molar-refractivity contribution is 7.88. The molecule has 7 heteroatoms. The minimum absolute atomic E-state index is 0.0784. The molecule has 23 heavy (non-hydrogen) atoms. The monoisotopic (exact) mass is 341 g/mol. The Bertz CT molecular complexity index is 635. The van der Waals surface area contributed by atoms with Gasteiger partial charge in [0.2, 0.25) is 10.0 Å². The molecule has 2 saturated heterocycles. The van der Waals surface area contributed by atoms with Gasteiger partial charge in [0.1, 0.15) is 5.75 Å². The third-order valence-corrected chi connectivity index (χ3v) is 6.84. The average molecular weight is 341 g/mol. The van der Waals surface area contributed by atoms with E-state index in [1.54, 1.807) is 17.3 Å². The number of likely N-dealkylation sites (tertiary alicyclic amines) is 1. The molecule has 3 rings (SSSR count). The van der Waals surface area contributed by atoms with Crippen molar-refractivity contribution in [2.75, 3.05) is 19.6 Å². The second-order valence-electron chi connectivity index (χ2n) is 7.20. The van der Waals surface area contributed by atoms with Gasteiger partial charge in [-0.1, -0.05) is 19.0 Å².